The molecule has 31 heavy (non-hydrogen) atoms. The summed E-state index contributed by atoms with van der Waals surface area (Å²) in [6.45, 7) is 5.24. The maximum absolute atomic E-state index is 12.6. The van der Waals surface area contributed by atoms with E-state index in [1.165, 1.54) is 5.56 Å². The van der Waals surface area contributed by atoms with E-state index < -0.39 is 0 Å². The number of nitrogens with one attached hydrogen (secondary N) is 2. The third-order valence-electron chi connectivity index (χ3n) is 5.43. The molecule has 0 radical (unpaired) electrons. The number of hydrogen-bond acceptors (Lipinski definition) is 4. The molecule has 2 N–H and O–H groups in total. The van der Waals surface area contributed by atoms with Crippen molar-refractivity contribution < 1.29 is 9.53 Å². The highest BCUT2D eigenvalue weighted by molar-refractivity contribution is 5.74. The Bertz CT molecular complexity index is 922. The van der Waals surface area contributed by atoms with Gasteiger partial charge in [-0.25, -0.2) is 4.79 Å². The van der Waals surface area contributed by atoms with Gasteiger partial charge in [-0.05, 0) is 22.8 Å². The summed E-state index contributed by atoms with van der Waals surface area (Å²) in [5.41, 5.74) is 3.34. The molecule has 0 unspecified atom stereocenters. The van der Waals surface area contributed by atoms with Gasteiger partial charge in [-0.3, -0.25) is 9.58 Å². The number of nitrogens with zero attached hydrogens (tertiary/aromatic N) is 3. The highest BCUT2D eigenvalue weighted by Gasteiger charge is 2.20. The number of benzene rings is 2. The summed E-state index contributed by atoms with van der Waals surface area (Å²) < 4.78 is 7.33. The van der Waals surface area contributed by atoms with Crippen LogP contribution in [-0.2, 0) is 17.8 Å². The zero-order valence-electron chi connectivity index (χ0n) is 17.6. The summed E-state index contributed by atoms with van der Waals surface area (Å²) in [5.74, 6) is 0. The van der Waals surface area contributed by atoms with Crippen molar-refractivity contribution in [3.63, 3.8) is 0 Å². The summed E-state index contributed by atoms with van der Waals surface area (Å²) in [6.07, 6.45) is 3.72. The molecule has 1 atom stereocenters. The molecule has 2 aromatic carbocycles. The Morgan fingerprint density at radius 2 is 1.74 bits per heavy atom. The highest BCUT2D eigenvalue weighted by Crippen LogP contribution is 2.15. The van der Waals surface area contributed by atoms with E-state index >= 15 is 0 Å². The smallest absolute Gasteiger partial charge is 0.315 e. The molecule has 1 saturated heterocycles. The predicted octanol–water partition coefficient (Wildman–Crippen LogP) is 2.80. The molecular formula is C24H29N5O2. The molecule has 2 heterocycles. The molecule has 4 rings (SSSR count). The number of hydrogen-bond donors (Lipinski definition) is 2. The number of ether oxygens (including phenoxy) is 1. The van der Waals surface area contributed by atoms with Crippen LogP contribution in [0.4, 0.5) is 4.79 Å². The first kappa shape index (κ1) is 21.1. The molecule has 0 bridgehead atoms. The van der Waals surface area contributed by atoms with Gasteiger partial charge < -0.3 is 15.4 Å². The van der Waals surface area contributed by atoms with Gasteiger partial charge in [0.1, 0.15) is 0 Å². The summed E-state index contributed by atoms with van der Waals surface area (Å²) in [4.78, 5) is 15.0. The molecule has 0 spiro atoms. The Kier molecular flexibility index (Phi) is 7.31. The summed E-state index contributed by atoms with van der Waals surface area (Å²) in [7, 11) is 0. The van der Waals surface area contributed by atoms with Crippen LogP contribution in [0.25, 0.3) is 0 Å². The molecular weight excluding hydrogens is 390 g/mol. The molecule has 1 aromatic heterocycles. The lowest BCUT2D eigenvalue weighted by atomic mass is 10.1. The van der Waals surface area contributed by atoms with Crippen molar-refractivity contribution >= 4 is 6.03 Å². The van der Waals surface area contributed by atoms with E-state index in [-0.39, 0.29) is 12.1 Å². The minimum Gasteiger partial charge on any atom is -0.379 e. The molecule has 7 nitrogen and oxygen atoms in total. The van der Waals surface area contributed by atoms with E-state index in [0.29, 0.717) is 6.54 Å². The zero-order chi connectivity index (χ0) is 21.3. The van der Waals surface area contributed by atoms with Gasteiger partial charge in [-0.15, -0.1) is 0 Å². The van der Waals surface area contributed by atoms with Crippen LogP contribution in [0.15, 0.2) is 73.1 Å². The molecule has 2 amide bonds. The molecule has 7 heteroatoms. The minimum atomic E-state index is -0.164. The predicted molar refractivity (Wildman–Crippen MR) is 120 cm³/mol. The van der Waals surface area contributed by atoms with Crippen LogP contribution in [-0.4, -0.2) is 53.6 Å². The van der Waals surface area contributed by atoms with Crippen molar-refractivity contribution in [2.75, 3.05) is 32.8 Å². The number of aromatic nitrogens is 2. The van der Waals surface area contributed by atoms with Gasteiger partial charge in [0.15, 0.2) is 0 Å². The van der Waals surface area contributed by atoms with Gasteiger partial charge in [0.25, 0.3) is 0 Å². The van der Waals surface area contributed by atoms with Crippen LogP contribution in [0.3, 0.4) is 0 Å². The van der Waals surface area contributed by atoms with Crippen molar-refractivity contribution in [2.45, 2.75) is 19.1 Å². The van der Waals surface area contributed by atoms with Gasteiger partial charge in [0.05, 0.1) is 25.8 Å². The minimum absolute atomic E-state index is 0.0734. The fraction of sp³-hybridized carbons (Fsp3) is 0.333. The van der Waals surface area contributed by atoms with Gasteiger partial charge in [-0.1, -0.05) is 54.6 Å². The average molecular weight is 420 g/mol. The normalized spacial score (nSPS) is 15.4. The first-order chi connectivity index (χ1) is 15.3. The third-order valence-corrected chi connectivity index (χ3v) is 5.43. The molecule has 1 fully saturated rings. The van der Waals surface area contributed by atoms with E-state index in [4.69, 9.17) is 4.74 Å². The molecule has 162 valence electrons. The highest BCUT2D eigenvalue weighted by atomic mass is 16.5. The lowest BCUT2D eigenvalue weighted by molar-refractivity contribution is 0.0340. The second-order valence-corrected chi connectivity index (χ2v) is 7.72. The molecule has 0 saturated carbocycles. The standard InChI is InChI=1S/C24H29N5O2/c30-24(25-17-20-7-9-21(10-8-20)18-29-12-4-11-26-29)27-23(22-5-2-1-3-6-22)19-28-13-15-31-16-14-28/h1-12,23H,13-19H2,(H2,25,27,30)/t23-/m0/s1. The largest absolute Gasteiger partial charge is 0.379 e. The van der Waals surface area contributed by atoms with Crippen molar-refractivity contribution in [1.29, 1.82) is 0 Å². The Labute approximate surface area is 183 Å². The maximum Gasteiger partial charge on any atom is 0.315 e. The van der Waals surface area contributed by atoms with Crippen molar-refractivity contribution in [2.24, 2.45) is 0 Å². The van der Waals surface area contributed by atoms with Crippen molar-refractivity contribution in [3.05, 3.63) is 89.7 Å². The van der Waals surface area contributed by atoms with Crippen LogP contribution in [0.1, 0.15) is 22.7 Å². The first-order valence-electron chi connectivity index (χ1n) is 10.7. The Balaban J connectivity index is 1.30. The lowest BCUT2D eigenvalue weighted by Gasteiger charge is -2.31. The van der Waals surface area contributed by atoms with Gasteiger partial charge >= 0.3 is 6.03 Å². The molecule has 0 aliphatic carbocycles. The number of urea groups is 1. The van der Waals surface area contributed by atoms with Crippen molar-refractivity contribution in [3.8, 4) is 0 Å². The Morgan fingerprint density at radius 3 is 2.45 bits per heavy atom. The van der Waals surface area contributed by atoms with E-state index in [1.807, 2.05) is 47.3 Å². The average Bonchev–Trinajstić information content (AvgIpc) is 3.33. The summed E-state index contributed by atoms with van der Waals surface area (Å²) >= 11 is 0. The third kappa shape index (κ3) is 6.41. The fourth-order valence-electron chi connectivity index (χ4n) is 3.70. The quantitative estimate of drug-likeness (QED) is 0.589. The lowest BCUT2D eigenvalue weighted by Crippen LogP contribution is -2.45. The monoisotopic (exact) mass is 419 g/mol. The topological polar surface area (TPSA) is 71.4 Å². The zero-order valence-corrected chi connectivity index (χ0v) is 17.6. The summed E-state index contributed by atoms with van der Waals surface area (Å²) in [5, 5.41) is 10.4. The number of amides is 2. The van der Waals surface area contributed by atoms with Gasteiger partial charge in [-0.2, -0.15) is 5.10 Å². The van der Waals surface area contributed by atoms with Crippen LogP contribution in [0.2, 0.25) is 0 Å². The van der Waals surface area contributed by atoms with Crippen LogP contribution in [0, 0.1) is 0 Å². The second kappa shape index (κ2) is 10.7. The van der Waals surface area contributed by atoms with Gasteiger partial charge in [0, 0.05) is 38.6 Å². The van der Waals surface area contributed by atoms with Crippen molar-refractivity contribution in [1.82, 2.24) is 25.3 Å². The van der Waals surface area contributed by atoms with E-state index in [9.17, 15) is 4.79 Å². The molecule has 3 aromatic rings. The Hall–Kier alpha value is -3.16. The van der Waals surface area contributed by atoms with Crippen LogP contribution >= 0.6 is 0 Å². The number of morpholine rings is 1. The number of rotatable bonds is 8. The second-order valence-electron chi connectivity index (χ2n) is 7.72. The first-order valence-corrected chi connectivity index (χ1v) is 10.7. The number of carbonyl (C=O) groups excluding carboxylic acids is 1. The van der Waals surface area contributed by atoms with Crippen LogP contribution in [0.5, 0.6) is 0 Å². The van der Waals surface area contributed by atoms with E-state index in [0.717, 1.165) is 50.5 Å². The maximum atomic E-state index is 12.6. The van der Waals surface area contributed by atoms with E-state index in [1.54, 1.807) is 6.20 Å². The Morgan fingerprint density at radius 1 is 1.00 bits per heavy atom. The van der Waals surface area contributed by atoms with E-state index in [2.05, 4.69) is 44.9 Å². The molecule has 1 aliphatic rings. The summed E-state index contributed by atoms with van der Waals surface area (Å²) in [6, 6.07) is 20.0. The number of carbonyl (C=O) groups is 1. The van der Waals surface area contributed by atoms with Crippen LogP contribution < -0.4 is 10.6 Å². The molecule has 1 aliphatic heterocycles. The van der Waals surface area contributed by atoms with Gasteiger partial charge in [0.2, 0.25) is 0 Å². The SMILES string of the molecule is O=C(NCc1ccc(Cn2cccn2)cc1)N[C@@H](CN1CCOCC1)c1ccccc1. The fourth-order valence-corrected chi connectivity index (χ4v) is 3.70.